The lowest BCUT2D eigenvalue weighted by atomic mass is 10.00. The van der Waals surface area contributed by atoms with E-state index in [1.54, 1.807) is 0 Å². The van der Waals surface area contributed by atoms with E-state index in [0.717, 1.165) is 55.3 Å². The fourth-order valence-corrected chi connectivity index (χ4v) is 12.5. The van der Waals surface area contributed by atoms with E-state index < -0.39 is 8.80 Å². The molecule has 0 N–H and O–H groups in total. The molecule has 9 aromatic carbocycles. The topological polar surface area (TPSA) is 29.3 Å². The van der Waals surface area contributed by atoms with Crippen molar-refractivity contribution in [2.75, 3.05) is 4.90 Å². The van der Waals surface area contributed by atoms with Gasteiger partial charge >= 0.3 is 0 Å². The van der Waals surface area contributed by atoms with Crippen molar-refractivity contribution in [2.24, 2.45) is 0 Å². The van der Waals surface area contributed by atoms with Gasteiger partial charge in [0.05, 0.1) is 0 Å². The molecule has 0 aliphatic carbocycles. The Hall–Kier alpha value is -6.79. The molecular weight excluding hydrogens is 717 g/mol. The van der Waals surface area contributed by atoms with Crippen LogP contribution >= 0.6 is 11.3 Å². The Morgan fingerprint density at radius 1 is 0.446 bits per heavy atom. The van der Waals surface area contributed by atoms with Crippen molar-refractivity contribution in [3.05, 3.63) is 200 Å². The summed E-state index contributed by atoms with van der Waals surface area (Å²) >= 11 is 1.85. The van der Waals surface area contributed by atoms with Gasteiger partial charge in [-0.05, 0) is 76.8 Å². The van der Waals surface area contributed by atoms with Crippen molar-refractivity contribution in [2.45, 2.75) is 0 Å². The van der Waals surface area contributed by atoms with E-state index in [9.17, 15) is 0 Å². The number of benzene rings is 9. The summed E-state index contributed by atoms with van der Waals surface area (Å²) in [6.45, 7) is 0. The molecule has 11 rings (SSSR count). The molecule has 0 aliphatic rings. The van der Waals surface area contributed by atoms with Gasteiger partial charge in [-0.1, -0.05) is 155 Å². The number of anilines is 3. The van der Waals surface area contributed by atoms with Gasteiger partial charge in [0.15, 0.2) is 5.58 Å². The van der Waals surface area contributed by atoms with Crippen LogP contribution in [0.5, 0.6) is 0 Å². The van der Waals surface area contributed by atoms with Gasteiger partial charge in [0.2, 0.25) is 5.89 Å². The SMILES string of the molecule is c1ccc(-c2nc3ccc4ccc5ccc(N(c6cccc([SiH](c7ccccc7)c7ccccc7)c6)c6ccc7c(c6)sc6ccccc67)cc5c4c3o2)cc1. The summed E-state index contributed by atoms with van der Waals surface area (Å²) in [4.78, 5) is 7.38. The van der Waals surface area contributed by atoms with Gasteiger partial charge in [-0.3, -0.25) is 0 Å². The van der Waals surface area contributed by atoms with Gasteiger partial charge in [-0.15, -0.1) is 11.3 Å². The van der Waals surface area contributed by atoms with E-state index in [2.05, 4.69) is 175 Å². The predicted molar refractivity (Wildman–Crippen MR) is 241 cm³/mol. The van der Waals surface area contributed by atoms with Crippen molar-refractivity contribution < 1.29 is 4.42 Å². The first-order chi connectivity index (χ1) is 27.7. The third-order valence-corrected chi connectivity index (χ3v) is 15.2. The molecule has 2 heterocycles. The highest BCUT2D eigenvalue weighted by Crippen LogP contribution is 2.42. The number of oxazole rings is 1. The van der Waals surface area contributed by atoms with Gasteiger partial charge in [0.25, 0.3) is 0 Å². The third kappa shape index (κ3) is 5.60. The number of hydrogen-bond acceptors (Lipinski definition) is 4. The van der Waals surface area contributed by atoms with Crippen LogP contribution < -0.4 is 20.5 Å². The van der Waals surface area contributed by atoms with Gasteiger partial charge < -0.3 is 9.32 Å². The molecule has 0 radical (unpaired) electrons. The van der Waals surface area contributed by atoms with Crippen LogP contribution in [-0.2, 0) is 0 Å². The van der Waals surface area contributed by atoms with Crippen molar-refractivity contribution in [3.63, 3.8) is 0 Å². The lowest BCUT2D eigenvalue weighted by Gasteiger charge is -2.27. The molecule has 0 fully saturated rings. The molecule has 5 heteroatoms. The minimum Gasteiger partial charge on any atom is -0.435 e. The molecule has 0 saturated carbocycles. The lowest BCUT2D eigenvalue weighted by molar-refractivity contribution is 0.623. The molecule has 3 nitrogen and oxygen atoms in total. The quantitative estimate of drug-likeness (QED) is 0.0923. The summed E-state index contributed by atoms with van der Waals surface area (Å²) in [5, 5.41) is 11.2. The summed E-state index contributed by atoms with van der Waals surface area (Å²) in [6, 6.07) is 72.6. The average Bonchev–Trinajstić information content (AvgIpc) is 3.87. The standard InChI is InChI=1S/C51H34N2OSSi/c1-4-13-36(14-5-1)51-52-46-30-26-35-24-23-34-25-27-38(32-45(34)49(35)50(46)54-51)53(39-28-29-44-43-21-10-11-22-47(43)55-48(44)33-39)37-15-12-20-42(31-37)56(40-16-6-2-7-17-40)41-18-8-3-9-19-41/h1-33,56H. The summed E-state index contributed by atoms with van der Waals surface area (Å²) < 4.78 is 9.20. The lowest BCUT2D eigenvalue weighted by Crippen LogP contribution is -2.51. The Bertz CT molecular complexity index is 3170. The zero-order valence-corrected chi connectivity index (χ0v) is 32.3. The second kappa shape index (κ2) is 13.5. The molecule has 264 valence electrons. The second-order valence-corrected chi connectivity index (χ2v) is 18.3. The second-order valence-electron chi connectivity index (χ2n) is 14.3. The third-order valence-electron chi connectivity index (χ3n) is 11.0. The van der Waals surface area contributed by atoms with Gasteiger partial charge in [-0.25, -0.2) is 4.98 Å². The molecule has 0 spiro atoms. The van der Waals surface area contributed by atoms with Gasteiger partial charge in [-0.2, -0.15) is 0 Å². The first-order valence-corrected chi connectivity index (χ1v) is 21.5. The first kappa shape index (κ1) is 32.6. The number of fused-ring (bicyclic) bond motifs is 8. The maximum absolute atomic E-state index is 6.63. The van der Waals surface area contributed by atoms with Crippen molar-refractivity contribution >= 4 is 106 Å². The van der Waals surface area contributed by atoms with Crippen molar-refractivity contribution in [3.8, 4) is 11.5 Å². The van der Waals surface area contributed by atoms with E-state index in [1.807, 2.05) is 41.7 Å². The fourth-order valence-electron chi connectivity index (χ4n) is 8.37. The number of rotatable bonds is 7. The van der Waals surface area contributed by atoms with E-state index in [1.165, 1.54) is 35.7 Å². The molecule has 56 heavy (non-hydrogen) atoms. The molecule has 0 unspecified atom stereocenters. The number of nitrogens with zero attached hydrogens (tertiary/aromatic N) is 2. The maximum Gasteiger partial charge on any atom is 0.227 e. The van der Waals surface area contributed by atoms with Crippen LogP contribution in [0, 0.1) is 0 Å². The summed E-state index contributed by atoms with van der Waals surface area (Å²) in [7, 11) is -1.80. The van der Waals surface area contributed by atoms with Crippen LogP contribution in [0.1, 0.15) is 0 Å². The summed E-state index contributed by atoms with van der Waals surface area (Å²) in [5.74, 6) is 0.631. The van der Waals surface area contributed by atoms with Crippen LogP contribution in [0.4, 0.5) is 17.1 Å². The monoisotopic (exact) mass is 750 g/mol. The van der Waals surface area contributed by atoms with Crippen molar-refractivity contribution in [1.82, 2.24) is 4.98 Å². The van der Waals surface area contributed by atoms with E-state index in [0.29, 0.717) is 5.89 Å². The Balaban J connectivity index is 1.14. The Morgan fingerprint density at radius 3 is 1.86 bits per heavy atom. The normalized spacial score (nSPS) is 11.7. The van der Waals surface area contributed by atoms with Crippen LogP contribution in [0.25, 0.3) is 64.3 Å². The Labute approximate surface area is 330 Å². The minimum absolute atomic E-state index is 0.631. The van der Waals surface area contributed by atoms with Crippen LogP contribution in [-0.4, -0.2) is 13.8 Å². The molecule has 0 bridgehead atoms. The number of thiophene rings is 1. The molecule has 11 aromatic rings. The van der Waals surface area contributed by atoms with Gasteiger partial charge in [0, 0.05) is 48.2 Å². The maximum atomic E-state index is 6.63. The zero-order chi connectivity index (χ0) is 37.0. The van der Waals surface area contributed by atoms with Gasteiger partial charge in [0.1, 0.15) is 14.3 Å². The number of aromatic nitrogens is 1. The Morgan fingerprint density at radius 2 is 1.05 bits per heavy atom. The fraction of sp³-hybridized carbons (Fsp3) is 0. The zero-order valence-electron chi connectivity index (χ0n) is 30.3. The summed E-state index contributed by atoms with van der Waals surface area (Å²) in [6.07, 6.45) is 0. The first-order valence-electron chi connectivity index (χ1n) is 19.0. The van der Waals surface area contributed by atoms with E-state index >= 15 is 0 Å². The molecular formula is C51H34N2OSSi. The average molecular weight is 751 g/mol. The van der Waals surface area contributed by atoms with Crippen molar-refractivity contribution in [1.29, 1.82) is 0 Å². The molecule has 0 amide bonds. The highest BCUT2D eigenvalue weighted by atomic mass is 32.1. The minimum atomic E-state index is -1.80. The van der Waals surface area contributed by atoms with Crippen LogP contribution in [0.15, 0.2) is 205 Å². The molecule has 0 saturated heterocycles. The van der Waals surface area contributed by atoms with Crippen LogP contribution in [0.2, 0.25) is 0 Å². The smallest absolute Gasteiger partial charge is 0.227 e. The molecule has 0 aliphatic heterocycles. The van der Waals surface area contributed by atoms with Crippen LogP contribution in [0.3, 0.4) is 0 Å². The molecule has 0 atom stereocenters. The predicted octanol–water partition coefficient (Wildman–Crippen LogP) is 11.9. The largest absolute Gasteiger partial charge is 0.435 e. The van der Waals surface area contributed by atoms with E-state index in [4.69, 9.17) is 9.40 Å². The number of hydrogen-bond donors (Lipinski definition) is 0. The Kier molecular flexibility index (Phi) is 7.86. The highest BCUT2D eigenvalue weighted by molar-refractivity contribution is 7.25. The molecule has 2 aromatic heterocycles. The van der Waals surface area contributed by atoms with E-state index in [-0.39, 0.29) is 0 Å². The summed E-state index contributed by atoms with van der Waals surface area (Å²) in [5.41, 5.74) is 5.96. The highest BCUT2D eigenvalue weighted by Gasteiger charge is 2.22.